The molecule has 0 aliphatic carbocycles. The number of Topliss-reactive ketones (excluding diaryl/α,β-unsaturated/α-hetero) is 1. The van der Waals surface area contributed by atoms with Gasteiger partial charge in [-0.15, -0.1) is 12.4 Å². The van der Waals surface area contributed by atoms with E-state index in [9.17, 15) is 9.59 Å². The van der Waals surface area contributed by atoms with E-state index in [1.807, 2.05) is 36.1 Å². The van der Waals surface area contributed by atoms with E-state index in [4.69, 9.17) is 0 Å². The first-order valence-electron chi connectivity index (χ1n) is 8.24. The predicted octanol–water partition coefficient (Wildman–Crippen LogP) is 2.84. The van der Waals surface area contributed by atoms with Crippen LogP contribution in [0.5, 0.6) is 0 Å². The summed E-state index contributed by atoms with van der Waals surface area (Å²) in [6, 6.07) is 7.99. The Balaban J connectivity index is 0.00000264. The molecule has 1 fully saturated rings. The molecular weight excluding hydrogens is 312 g/mol. The normalized spacial score (nSPS) is 17.5. The van der Waals surface area contributed by atoms with Crippen molar-refractivity contribution in [1.82, 2.24) is 10.2 Å². The lowest BCUT2D eigenvalue weighted by Crippen LogP contribution is -2.52. The van der Waals surface area contributed by atoms with Gasteiger partial charge in [0.05, 0.1) is 0 Å². The van der Waals surface area contributed by atoms with Crippen molar-refractivity contribution in [2.75, 3.05) is 19.6 Å². The molecule has 1 N–H and O–H groups in total. The standard InChI is InChI=1S/C18H26N2O2.ClH/c1-3-4-15-5-7-16(8-6-15)17(21)9-10-18(22)20-12-11-19-13-14(20)2;/h5-8,14,19H,3-4,9-13H2,1-2H3;1H/t14-;/m0./s1. The fourth-order valence-electron chi connectivity index (χ4n) is 2.87. The topological polar surface area (TPSA) is 49.4 Å². The lowest BCUT2D eigenvalue weighted by atomic mass is 10.0. The van der Waals surface area contributed by atoms with Crippen molar-refractivity contribution in [3.05, 3.63) is 35.4 Å². The molecule has 0 saturated carbocycles. The molecule has 1 aromatic carbocycles. The lowest BCUT2D eigenvalue weighted by molar-refractivity contribution is -0.133. The number of rotatable bonds is 6. The van der Waals surface area contributed by atoms with Gasteiger partial charge in [0.2, 0.25) is 5.91 Å². The van der Waals surface area contributed by atoms with E-state index < -0.39 is 0 Å². The summed E-state index contributed by atoms with van der Waals surface area (Å²) < 4.78 is 0. The minimum atomic E-state index is 0. The summed E-state index contributed by atoms with van der Waals surface area (Å²) in [5.74, 6) is 0.143. The van der Waals surface area contributed by atoms with Gasteiger partial charge in [-0.05, 0) is 18.9 Å². The van der Waals surface area contributed by atoms with E-state index in [2.05, 4.69) is 12.2 Å². The maximum atomic E-state index is 12.2. The SMILES string of the molecule is CCCc1ccc(C(=O)CCC(=O)N2CCNC[C@@H]2C)cc1.Cl. The van der Waals surface area contributed by atoms with Crippen LogP contribution in [0.25, 0.3) is 0 Å². The second-order valence-corrected chi connectivity index (χ2v) is 6.01. The van der Waals surface area contributed by atoms with Crippen molar-refractivity contribution in [2.24, 2.45) is 0 Å². The van der Waals surface area contributed by atoms with Crippen LogP contribution in [0.1, 0.15) is 49.0 Å². The maximum absolute atomic E-state index is 12.2. The van der Waals surface area contributed by atoms with Crippen molar-refractivity contribution < 1.29 is 9.59 Å². The summed E-state index contributed by atoms with van der Waals surface area (Å²) in [5.41, 5.74) is 1.96. The molecule has 0 unspecified atom stereocenters. The molecule has 0 radical (unpaired) electrons. The van der Waals surface area contributed by atoms with Gasteiger partial charge in [0, 0.05) is 44.1 Å². The number of hydrogen-bond acceptors (Lipinski definition) is 3. The minimum Gasteiger partial charge on any atom is -0.337 e. The number of carbonyl (C=O) groups is 2. The number of aryl methyl sites for hydroxylation is 1. The van der Waals surface area contributed by atoms with Crippen molar-refractivity contribution in [3.8, 4) is 0 Å². The lowest BCUT2D eigenvalue weighted by Gasteiger charge is -2.34. The molecule has 1 amide bonds. The summed E-state index contributed by atoms with van der Waals surface area (Å²) in [6.45, 7) is 6.58. The van der Waals surface area contributed by atoms with Crippen LogP contribution in [0.4, 0.5) is 0 Å². The first kappa shape index (κ1) is 19.7. The second-order valence-electron chi connectivity index (χ2n) is 6.01. The second kappa shape index (κ2) is 9.68. The van der Waals surface area contributed by atoms with Crippen LogP contribution in [-0.2, 0) is 11.2 Å². The molecule has 1 aromatic rings. The largest absolute Gasteiger partial charge is 0.337 e. The minimum absolute atomic E-state index is 0. The predicted molar refractivity (Wildman–Crippen MR) is 95.3 cm³/mol. The molecular formula is C18H27ClN2O2. The van der Waals surface area contributed by atoms with Crippen LogP contribution < -0.4 is 5.32 Å². The molecule has 4 nitrogen and oxygen atoms in total. The Kier molecular flexibility index (Phi) is 8.28. The maximum Gasteiger partial charge on any atom is 0.223 e. The molecule has 2 rings (SSSR count). The highest BCUT2D eigenvalue weighted by atomic mass is 35.5. The van der Waals surface area contributed by atoms with Gasteiger partial charge < -0.3 is 10.2 Å². The average Bonchev–Trinajstić information content (AvgIpc) is 2.54. The van der Waals surface area contributed by atoms with Crippen LogP contribution in [0.2, 0.25) is 0 Å². The molecule has 128 valence electrons. The van der Waals surface area contributed by atoms with Crippen molar-refractivity contribution in [1.29, 1.82) is 0 Å². The zero-order chi connectivity index (χ0) is 15.9. The Labute approximate surface area is 145 Å². The summed E-state index contributed by atoms with van der Waals surface area (Å²) in [5, 5.41) is 3.26. The highest BCUT2D eigenvalue weighted by Gasteiger charge is 2.23. The molecule has 0 spiro atoms. The third-order valence-electron chi connectivity index (χ3n) is 4.20. The van der Waals surface area contributed by atoms with Crippen LogP contribution in [0.15, 0.2) is 24.3 Å². The highest BCUT2D eigenvalue weighted by Crippen LogP contribution is 2.12. The number of piperazine rings is 1. The highest BCUT2D eigenvalue weighted by molar-refractivity contribution is 5.98. The van der Waals surface area contributed by atoms with Crippen LogP contribution in [-0.4, -0.2) is 42.3 Å². The van der Waals surface area contributed by atoms with Gasteiger partial charge in [-0.2, -0.15) is 0 Å². The number of ketones is 1. The molecule has 1 heterocycles. The van der Waals surface area contributed by atoms with Gasteiger partial charge in [-0.3, -0.25) is 9.59 Å². The smallest absolute Gasteiger partial charge is 0.223 e. The third kappa shape index (κ3) is 5.63. The molecule has 1 saturated heterocycles. The Hall–Kier alpha value is -1.39. The fourth-order valence-corrected chi connectivity index (χ4v) is 2.87. The summed E-state index contributed by atoms with van der Waals surface area (Å²) in [7, 11) is 0. The van der Waals surface area contributed by atoms with Crippen molar-refractivity contribution in [2.45, 2.75) is 45.6 Å². The van der Waals surface area contributed by atoms with Gasteiger partial charge in [-0.1, -0.05) is 37.6 Å². The number of carbonyl (C=O) groups excluding carboxylic acids is 2. The van der Waals surface area contributed by atoms with Gasteiger partial charge in [0.25, 0.3) is 0 Å². The van der Waals surface area contributed by atoms with Gasteiger partial charge >= 0.3 is 0 Å². The Bertz CT molecular complexity index is 516. The van der Waals surface area contributed by atoms with Gasteiger partial charge in [0.15, 0.2) is 5.78 Å². The molecule has 1 atom stereocenters. The number of halogens is 1. The van der Waals surface area contributed by atoms with Gasteiger partial charge in [-0.25, -0.2) is 0 Å². The fraction of sp³-hybridized carbons (Fsp3) is 0.556. The number of benzene rings is 1. The zero-order valence-electron chi connectivity index (χ0n) is 14.0. The summed E-state index contributed by atoms with van der Waals surface area (Å²) in [4.78, 5) is 26.3. The Morgan fingerprint density at radius 1 is 1.22 bits per heavy atom. The molecule has 23 heavy (non-hydrogen) atoms. The number of nitrogens with zero attached hydrogens (tertiary/aromatic N) is 1. The quantitative estimate of drug-likeness (QED) is 0.811. The van der Waals surface area contributed by atoms with E-state index in [1.54, 1.807) is 0 Å². The van der Waals surface area contributed by atoms with Crippen LogP contribution >= 0.6 is 12.4 Å². The molecule has 1 aliphatic rings. The summed E-state index contributed by atoms with van der Waals surface area (Å²) in [6.07, 6.45) is 2.74. The van der Waals surface area contributed by atoms with E-state index in [0.717, 1.165) is 32.5 Å². The van der Waals surface area contributed by atoms with E-state index in [1.165, 1.54) is 5.56 Å². The van der Waals surface area contributed by atoms with E-state index >= 15 is 0 Å². The first-order valence-corrected chi connectivity index (χ1v) is 8.24. The van der Waals surface area contributed by atoms with Crippen molar-refractivity contribution >= 4 is 24.1 Å². The monoisotopic (exact) mass is 338 g/mol. The Morgan fingerprint density at radius 2 is 1.91 bits per heavy atom. The average molecular weight is 339 g/mol. The Morgan fingerprint density at radius 3 is 2.52 bits per heavy atom. The molecule has 0 aromatic heterocycles. The number of nitrogens with one attached hydrogen (secondary N) is 1. The first-order chi connectivity index (χ1) is 10.6. The molecule has 5 heteroatoms. The van der Waals surface area contributed by atoms with Crippen LogP contribution in [0, 0.1) is 0 Å². The van der Waals surface area contributed by atoms with Crippen molar-refractivity contribution in [3.63, 3.8) is 0 Å². The third-order valence-corrected chi connectivity index (χ3v) is 4.20. The number of amides is 1. The molecule has 1 aliphatic heterocycles. The van der Waals surface area contributed by atoms with E-state index in [-0.39, 0.29) is 30.1 Å². The molecule has 0 bridgehead atoms. The summed E-state index contributed by atoms with van der Waals surface area (Å²) >= 11 is 0. The van der Waals surface area contributed by atoms with Crippen LogP contribution in [0.3, 0.4) is 0 Å². The van der Waals surface area contributed by atoms with E-state index in [0.29, 0.717) is 18.4 Å². The zero-order valence-corrected chi connectivity index (χ0v) is 14.8. The van der Waals surface area contributed by atoms with Gasteiger partial charge in [0.1, 0.15) is 0 Å². The number of hydrogen-bond donors (Lipinski definition) is 1.